The summed E-state index contributed by atoms with van der Waals surface area (Å²) in [4.78, 5) is 35.6. The third-order valence-corrected chi connectivity index (χ3v) is 4.80. The van der Waals surface area contributed by atoms with Gasteiger partial charge in [0.05, 0.1) is 35.5 Å². The summed E-state index contributed by atoms with van der Waals surface area (Å²) in [6, 6.07) is 12.7. The summed E-state index contributed by atoms with van der Waals surface area (Å²) in [5.41, 5.74) is 2.45. The average Bonchev–Trinajstić information content (AvgIpc) is 2.78. The molecule has 3 heterocycles. The van der Waals surface area contributed by atoms with Crippen LogP contribution in [0.4, 0.5) is 0 Å². The second-order valence-electron chi connectivity index (χ2n) is 6.54. The van der Waals surface area contributed by atoms with E-state index in [1.165, 1.54) is 0 Å². The molecule has 0 spiro atoms. The number of benzene rings is 1. The number of fused-ring (bicyclic) bond motifs is 1. The summed E-state index contributed by atoms with van der Waals surface area (Å²) < 4.78 is 5.89. The molecule has 1 saturated heterocycles. The number of amides is 2. The van der Waals surface area contributed by atoms with Crippen LogP contribution >= 0.6 is 0 Å². The molecule has 1 unspecified atom stereocenters. The number of morpholine rings is 1. The predicted molar refractivity (Wildman–Crippen MR) is 104 cm³/mol. The molecule has 1 aliphatic heterocycles. The van der Waals surface area contributed by atoms with E-state index >= 15 is 0 Å². The highest BCUT2D eigenvalue weighted by atomic mass is 16.5. The van der Waals surface area contributed by atoms with Crippen LogP contribution in [-0.4, -0.2) is 53.4 Å². The van der Waals surface area contributed by atoms with Gasteiger partial charge in [-0.1, -0.05) is 18.2 Å². The van der Waals surface area contributed by atoms with Crippen molar-refractivity contribution in [3.05, 3.63) is 71.7 Å². The van der Waals surface area contributed by atoms with Crippen LogP contribution in [0.5, 0.6) is 0 Å². The first-order valence-corrected chi connectivity index (χ1v) is 9.10. The van der Waals surface area contributed by atoms with Crippen molar-refractivity contribution >= 4 is 22.7 Å². The Hall–Kier alpha value is -3.32. The van der Waals surface area contributed by atoms with E-state index < -0.39 is 6.10 Å². The van der Waals surface area contributed by atoms with E-state index in [1.54, 1.807) is 42.5 Å². The zero-order chi connectivity index (χ0) is 19.5. The first-order valence-electron chi connectivity index (χ1n) is 9.10. The topological polar surface area (TPSA) is 84.4 Å². The van der Waals surface area contributed by atoms with Crippen molar-refractivity contribution in [3.8, 4) is 0 Å². The summed E-state index contributed by atoms with van der Waals surface area (Å²) in [7, 11) is 1.60. The molecule has 1 fully saturated rings. The Balaban J connectivity index is 1.66. The van der Waals surface area contributed by atoms with Gasteiger partial charge in [-0.3, -0.25) is 14.6 Å². The highest BCUT2D eigenvalue weighted by Gasteiger charge is 2.28. The second-order valence-corrected chi connectivity index (χ2v) is 6.54. The number of para-hydroxylation sites is 1. The van der Waals surface area contributed by atoms with Crippen LogP contribution in [0, 0.1) is 0 Å². The Kier molecular flexibility index (Phi) is 4.99. The number of rotatable bonds is 3. The summed E-state index contributed by atoms with van der Waals surface area (Å²) in [6.07, 6.45) is 2.80. The van der Waals surface area contributed by atoms with Gasteiger partial charge in [0.25, 0.3) is 11.8 Å². The molecule has 2 aromatic heterocycles. The number of carbonyl (C=O) groups excluding carboxylic acids is 2. The minimum absolute atomic E-state index is 0.0892. The Morgan fingerprint density at radius 3 is 2.86 bits per heavy atom. The Morgan fingerprint density at radius 2 is 2.07 bits per heavy atom. The van der Waals surface area contributed by atoms with Gasteiger partial charge >= 0.3 is 0 Å². The standard InChI is InChI=1S/C21H20N4O3/c1-22-20(26)16-11-18(24-17-7-3-2-6-15(16)17)19-13-25(9-10-28-19)21(27)14-5-4-8-23-12-14/h2-8,11-12,19H,9-10,13H2,1H3,(H,22,26). The van der Waals surface area contributed by atoms with Crippen LogP contribution < -0.4 is 5.32 Å². The molecule has 0 radical (unpaired) electrons. The van der Waals surface area contributed by atoms with Crippen LogP contribution in [0.15, 0.2) is 54.9 Å². The predicted octanol–water partition coefficient (Wildman–Crippen LogP) is 2.20. The smallest absolute Gasteiger partial charge is 0.255 e. The third kappa shape index (κ3) is 3.44. The van der Waals surface area contributed by atoms with Crippen molar-refractivity contribution < 1.29 is 14.3 Å². The molecule has 7 nitrogen and oxygen atoms in total. The monoisotopic (exact) mass is 376 g/mol. The Morgan fingerprint density at radius 1 is 1.21 bits per heavy atom. The Labute approximate surface area is 162 Å². The molecule has 0 saturated carbocycles. The number of carbonyl (C=O) groups is 2. The molecule has 3 aromatic rings. The van der Waals surface area contributed by atoms with Crippen LogP contribution in [0.25, 0.3) is 10.9 Å². The molecule has 1 atom stereocenters. The van der Waals surface area contributed by atoms with Crippen LogP contribution in [0.2, 0.25) is 0 Å². The van der Waals surface area contributed by atoms with Gasteiger partial charge in [-0.15, -0.1) is 0 Å². The number of hydrogen-bond donors (Lipinski definition) is 1. The molecule has 7 heteroatoms. The van der Waals surface area contributed by atoms with Crippen molar-refractivity contribution in [2.24, 2.45) is 0 Å². The first kappa shape index (κ1) is 18.1. The maximum Gasteiger partial charge on any atom is 0.255 e. The molecule has 1 aliphatic rings. The zero-order valence-electron chi connectivity index (χ0n) is 15.5. The summed E-state index contributed by atoms with van der Waals surface area (Å²) >= 11 is 0. The molecule has 28 heavy (non-hydrogen) atoms. The minimum Gasteiger partial charge on any atom is -0.368 e. The lowest BCUT2D eigenvalue weighted by molar-refractivity contribution is -0.0246. The van der Waals surface area contributed by atoms with Crippen molar-refractivity contribution in [3.63, 3.8) is 0 Å². The highest BCUT2D eigenvalue weighted by Crippen LogP contribution is 2.26. The molecule has 142 valence electrons. The van der Waals surface area contributed by atoms with E-state index in [4.69, 9.17) is 4.74 Å². The van der Waals surface area contributed by atoms with Crippen molar-refractivity contribution in [1.82, 2.24) is 20.2 Å². The first-order chi connectivity index (χ1) is 13.7. The second kappa shape index (κ2) is 7.74. The van der Waals surface area contributed by atoms with Crippen molar-refractivity contribution in [2.45, 2.75) is 6.10 Å². The van der Waals surface area contributed by atoms with Crippen LogP contribution in [0.3, 0.4) is 0 Å². The van der Waals surface area contributed by atoms with E-state index in [0.717, 1.165) is 10.9 Å². The van der Waals surface area contributed by atoms with Crippen LogP contribution in [0.1, 0.15) is 32.5 Å². The van der Waals surface area contributed by atoms with E-state index in [9.17, 15) is 9.59 Å². The SMILES string of the molecule is CNC(=O)c1cc(C2CN(C(=O)c3cccnc3)CCO2)nc2ccccc12. The van der Waals surface area contributed by atoms with Gasteiger partial charge < -0.3 is 15.0 Å². The van der Waals surface area contributed by atoms with E-state index in [2.05, 4.69) is 15.3 Å². The van der Waals surface area contributed by atoms with Crippen LogP contribution in [-0.2, 0) is 4.74 Å². The molecule has 4 rings (SSSR count). The van der Waals surface area contributed by atoms with Gasteiger partial charge in [-0.25, -0.2) is 4.98 Å². The quantitative estimate of drug-likeness (QED) is 0.758. The molecule has 2 amide bonds. The van der Waals surface area contributed by atoms with Gasteiger partial charge in [0.15, 0.2) is 0 Å². The largest absolute Gasteiger partial charge is 0.368 e. The molecule has 0 bridgehead atoms. The van der Waals surface area contributed by atoms with Gasteiger partial charge in [0, 0.05) is 31.4 Å². The zero-order valence-corrected chi connectivity index (χ0v) is 15.5. The highest BCUT2D eigenvalue weighted by molar-refractivity contribution is 6.06. The minimum atomic E-state index is -0.401. The van der Waals surface area contributed by atoms with Crippen molar-refractivity contribution in [1.29, 1.82) is 0 Å². The molecule has 1 N–H and O–H groups in total. The number of nitrogens with one attached hydrogen (secondary N) is 1. The Bertz CT molecular complexity index is 1020. The fourth-order valence-electron chi connectivity index (χ4n) is 3.37. The number of nitrogens with zero attached hydrogens (tertiary/aromatic N) is 3. The maximum absolute atomic E-state index is 12.8. The van der Waals surface area contributed by atoms with E-state index in [0.29, 0.717) is 36.5 Å². The van der Waals surface area contributed by atoms with Gasteiger partial charge in [-0.2, -0.15) is 0 Å². The normalized spacial score (nSPS) is 16.8. The fourth-order valence-corrected chi connectivity index (χ4v) is 3.37. The lowest BCUT2D eigenvalue weighted by Crippen LogP contribution is -2.42. The number of hydrogen-bond acceptors (Lipinski definition) is 5. The van der Waals surface area contributed by atoms with Gasteiger partial charge in [-0.05, 0) is 24.3 Å². The number of ether oxygens (including phenoxy) is 1. The van der Waals surface area contributed by atoms with Gasteiger partial charge in [0.2, 0.25) is 0 Å². The summed E-state index contributed by atoms with van der Waals surface area (Å²) in [5.74, 6) is -0.271. The maximum atomic E-state index is 12.8. The lowest BCUT2D eigenvalue weighted by atomic mass is 10.0. The summed E-state index contributed by atoms with van der Waals surface area (Å²) in [6.45, 7) is 1.27. The summed E-state index contributed by atoms with van der Waals surface area (Å²) in [5, 5.41) is 3.46. The molecule has 0 aliphatic carbocycles. The lowest BCUT2D eigenvalue weighted by Gasteiger charge is -2.33. The molecular formula is C21H20N4O3. The van der Waals surface area contributed by atoms with E-state index in [-0.39, 0.29) is 11.8 Å². The van der Waals surface area contributed by atoms with Crippen molar-refractivity contribution in [2.75, 3.05) is 26.7 Å². The molecular weight excluding hydrogens is 356 g/mol. The number of aromatic nitrogens is 2. The molecule has 1 aromatic carbocycles. The average molecular weight is 376 g/mol. The van der Waals surface area contributed by atoms with E-state index in [1.807, 2.05) is 24.3 Å². The fraction of sp³-hybridized carbons (Fsp3) is 0.238. The third-order valence-electron chi connectivity index (χ3n) is 4.80. The van der Waals surface area contributed by atoms with Gasteiger partial charge in [0.1, 0.15) is 6.10 Å². The number of pyridine rings is 2.